The van der Waals surface area contributed by atoms with Gasteiger partial charge in [-0.25, -0.2) is 14.4 Å². The zero-order valence-electron chi connectivity index (χ0n) is 41.2. The van der Waals surface area contributed by atoms with Crippen LogP contribution in [0.25, 0.3) is 0 Å². The highest BCUT2D eigenvalue weighted by Crippen LogP contribution is 2.29. The van der Waals surface area contributed by atoms with Crippen molar-refractivity contribution in [3.63, 3.8) is 0 Å². The van der Waals surface area contributed by atoms with Crippen LogP contribution in [0.2, 0.25) is 0 Å². The van der Waals surface area contributed by atoms with E-state index in [1.807, 2.05) is 69.3 Å². The first kappa shape index (κ1) is 54.8. The molecule has 0 aromatic carbocycles. The number of carbonyl (C=O) groups is 5. The van der Waals surface area contributed by atoms with Gasteiger partial charge in [-0.15, -0.1) is 0 Å². The summed E-state index contributed by atoms with van der Waals surface area (Å²) in [6, 6.07) is 7.29. The molecule has 18 heteroatoms. The number of likely N-dealkylation sites (tertiary alicyclic amines) is 3. The molecule has 6 fully saturated rings. The van der Waals surface area contributed by atoms with Gasteiger partial charge in [-0.2, -0.15) is 21.0 Å². The Morgan fingerprint density at radius 2 is 1.13 bits per heavy atom. The van der Waals surface area contributed by atoms with Crippen LogP contribution in [0.4, 0.5) is 4.79 Å². The van der Waals surface area contributed by atoms with Crippen molar-refractivity contribution in [3.8, 4) is 24.3 Å². The highest BCUT2D eigenvalue weighted by atomic mass is 16.7. The van der Waals surface area contributed by atoms with Gasteiger partial charge in [-0.05, 0) is 122 Å². The first-order valence-corrected chi connectivity index (χ1v) is 22.5. The van der Waals surface area contributed by atoms with E-state index in [2.05, 4.69) is 35.5 Å². The minimum Gasteiger partial charge on any atom is -0.477 e. The van der Waals surface area contributed by atoms with Crippen molar-refractivity contribution in [2.24, 2.45) is 0 Å². The third-order valence-corrected chi connectivity index (χ3v) is 11.7. The average molecular weight is 933 g/mol. The van der Waals surface area contributed by atoms with Crippen molar-refractivity contribution in [2.45, 2.75) is 104 Å². The molecular formula is C50H64N10O8. The Hall–Kier alpha value is -7.57. The molecule has 0 N–H and O–H groups in total. The maximum Gasteiger partial charge on any atom is 0.348 e. The molecule has 68 heavy (non-hydrogen) atoms. The molecule has 6 aliphatic heterocycles. The third-order valence-electron chi connectivity index (χ3n) is 11.7. The Kier molecular flexibility index (Phi) is 20.0. The van der Waals surface area contributed by atoms with E-state index in [0.29, 0.717) is 18.5 Å². The van der Waals surface area contributed by atoms with Crippen molar-refractivity contribution in [1.82, 2.24) is 29.4 Å². The molecule has 6 saturated heterocycles. The summed E-state index contributed by atoms with van der Waals surface area (Å²) in [4.78, 5) is 69.4. The Balaban J connectivity index is 0.000000243. The van der Waals surface area contributed by atoms with E-state index in [9.17, 15) is 24.0 Å². The number of rotatable bonds is 6. The SMILES string of the molecule is CC(C)N1CCC/C1=C/C=C(C#N)C#N.CCN1CCC/C1=C/C=C(C#N)C#N.CN1/C(=C\C=C2C(=O)OC(C)(C)OC2=O)OCC1(C)C.CN1C(=O)C(=C/C=C2/CCCN2C)C(=O)N(C)C1=O. The van der Waals surface area contributed by atoms with Crippen LogP contribution in [0.15, 0.2) is 93.9 Å². The van der Waals surface area contributed by atoms with Crippen molar-refractivity contribution in [3.05, 3.63) is 93.9 Å². The van der Waals surface area contributed by atoms with E-state index in [4.69, 9.17) is 35.3 Å². The first-order valence-electron chi connectivity index (χ1n) is 22.5. The molecule has 6 aliphatic rings. The summed E-state index contributed by atoms with van der Waals surface area (Å²) in [7, 11) is 6.61. The van der Waals surface area contributed by atoms with Crippen molar-refractivity contribution in [2.75, 3.05) is 61.0 Å². The van der Waals surface area contributed by atoms with Gasteiger partial charge in [-0.1, -0.05) is 0 Å². The molecule has 0 aliphatic carbocycles. The number of carbonyl (C=O) groups excluding carboxylic acids is 5. The number of barbiturate groups is 1. The molecule has 0 bridgehead atoms. The van der Waals surface area contributed by atoms with E-state index in [1.54, 1.807) is 24.3 Å². The summed E-state index contributed by atoms with van der Waals surface area (Å²) < 4.78 is 15.5. The topological polar surface area (TPSA) is 228 Å². The number of cyclic esters (lactones) is 2. The predicted octanol–water partition coefficient (Wildman–Crippen LogP) is 6.21. The van der Waals surface area contributed by atoms with Gasteiger partial charge in [0, 0.05) is 91.4 Å². The summed E-state index contributed by atoms with van der Waals surface area (Å²) in [5.41, 5.74) is 3.65. The third kappa shape index (κ3) is 14.7. The molecule has 0 atom stereocenters. The number of nitrogens with zero attached hydrogens (tertiary/aromatic N) is 10. The smallest absolute Gasteiger partial charge is 0.348 e. The van der Waals surface area contributed by atoms with Crippen molar-refractivity contribution in [1.29, 1.82) is 21.0 Å². The number of nitriles is 4. The number of imide groups is 2. The van der Waals surface area contributed by atoms with Crippen LogP contribution >= 0.6 is 0 Å². The molecular weight excluding hydrogens is 869 g/mol. The monoisotopic (exact) mass is 932 g/mol. The zero-order valence-corrected chi connectivity index (χ0v) is 41.2. The lowest BCUT2D eigenvalue weighted by molar-refractivity contribution is -0.222. The maximum atomic E-state index is 11.9. The summed E-state index contributed by atoms with van der Waals surface area (Å²) in [5.74, 6) is -3.11. The second-order valence-electron chi connectivity index (χ2n) is 17.7. The molecule has 362 valence electrons. The van der Waals surface area contributed by atoms with Gasteiger partial charge in [0.25, 0.3) is 17.6 Å². The Labute approximate surface area is 400 Å². The number of amides is 4. The maximum absolute atomic E-state index is 11.9. The molecule has 0 spiro atoms. The van der Waals surface area contributed by atoms with Gasteiger partial charge in [0.15, 0.2) is 5.88 Å². The molecule has 6 heterocycles. The van der Waals surface area contributed by atoms with Crippen LogP contribution < -0.4 is 0 Å². The van der Waals surface area contributed by atoms with Gasteiger partial charge in [-0.3, -0.25) is 19.4 Å². The molecule has 6 rings (SSSR count). The number of likely N-dealkylation sites (N-methyl/N-ethyl adjacent to an activating group) is 3. The van der Waals surface area contributed by atoms with E-state index in [0.717, 1.165) is 73.8 Å². The molecule has 0 aromatic heterocycles. The number of ether oxygens (including phenoxy) is 3. The lowest BCUT2D eigenvalue weighted by Crippen LogP contribution is -2.53. The summed E-state index contributed by atoms with van der Waals surface area (Å²) in [6.45, 7) is 18.2. The molecule has 0 radical (unpaired) electrons. The summed E-state index contributed by atoms with van der Waals surface area (Å²) in [5, 5.41) is 34.3. The van der Waals surface area contributed by atoms with Crippen LogP contribution in [0.5, 0.6) is 0 Å². The fourth-order valence-electron chi connectivity index (χ4n) is 7.42. The number of urea groups is 1. The van der Waals surface area contributed by atoms with E-state index < -0.39 is 35.6 Å². The number of allylic oxidation sites excluding steroid dienone is 13. The van der Waals surface area contributed by atoms with Gasteiger partial charge in [0.1, 0.15) is 53.2 Å². The normalized spacial score (nSPS) is 21.6. The average Bonchev–Trinajstić information content (AvgIpc) is 4.11. The van der Waals surface area contributed by atoms with E-state index >= 15 is 0 Å². The second-order valence-corrected chi connectivity index (χ2v) is 17.7. The minimum atomic E-state index is -1.22. The van der Waals surface area contributed by atoms with Crippen molar-refractivity contribution >= 4 is 29.8 Å². The standard InChI is InChI=1S/C14H19NO5.C13H17N3O3.C12H15N3.C11H13N3/c1-13(2)8-18-10(15(13)5)7-6-9-11(16)19-14(3,4)20-12(9)17;1-14-8-4-5-9(14)6-7-10-11(17)15(2)13(19)16(3)12(10)18;1-10(2)15-7-3-4-12(15)6-5-11(8-13)9-14;1-2-14-7-3-4-11(14)6-5-10(8-12)9-13/h6-7H,8H2,1-5H3;6-7H,4-5,8H2,1-3H3;5-6,10H,3-4,7H2,1-2H3;5-6H,2-4,7H2,1H3/b10-7+;9-6-;12-6-;11-6-. The molecule has 4 amide bonds. The highest BCUT2D eigenvalue weighted by molar-refractivity contribution is 6.28. The number of esters is 2. The van der Waals surface area contributed by atoms with Gasteiger partial charge in [0.2, 0.25) is 0 Å². The van der Waals surface area contributed by atoms with E-state index in [1.165, 1.54) is 57.9 Å². The Morgan fingerprint density at radius 3 is 1.60 bits per heavy atom. The van der Waals surface area contributed by atoms with E-state index in [-0.39, 0.29) is 27.8 Å². The predicted molar refractivity (Wildman–Crippen MR) is 252 cm³/mol. The number of hydrogen-bond acceptors (Lipinski definition) is 16. The summed E-state index contributed by atoms with van der Waals surface area (Å²) in [6.07, 6.45) is 19.7. The van der Waals surface area contributed by atoms with Gasteiger partial charge in [0.05, 0.1) is 5.54 Å². The fraction of sp³-hybridized carbons (Fsp3) is 0.500. The largest absolute Gasteiger partial charge is 0.477 e. The fourth-order valence-corrected chi connectivity index (χ4v) is 7.42. The zero-order chi connectivity index (χ0) is 50.9. The lowest BCUT2D eigenvalue weighted by Gasteiger charge is -2.29. The first-order chi connectivity index (χ1) is 32.1. The lowest BCUT2D eigenvalue weighted by atomic mass is 10.1. The second kappa shape index (κ2) is 24.8. The van der Waals surface area contributed by atoms with Crippen molar-refractivity contribution < 1.29 is 38.2 Å². The van der Waals surface area contributed by atoms with Crippen LogP contribution in [0.3, 0.4) is 0 Å². The molecule has 0 saturated carbocycles. The Bertz CT molecular complexity index is 2310. The molecule has 18 nitrogen and oxygen atoms in total. The number of hydrogen-bond donors (Lipinski definition) is 0. The minimum absolute atomic E-state index is 0.0254. The summed E-state index contributed by atoms with van der Waals surface area (Å²) >= 11 is 0. The van der Waals surface area contributed by atoms with Crippen LogP contribution in [0.1, 0.15) is 87.0 Å². The van der Waals surface area contributed by atoms with Gasteiger partial charge >= 0.3 is 18.0 Å². The van der Waals surface area contributed by atoms with Crippen LogP contribution in [-0.2, 0) is 33.4 Å². The molecule has 0 unspecified atom stereocenters. The Morgan fingerprint density at radius 1 is 0.647 bits per heavy atom. The molecule has 0 aromatic rings. The van der Waals surface area contributed by atoms with Crippen LogP contribution in [0, 0.1) is 45.3 Å². The van der Waals surface area contributed by atoms with Crippen LogP contribution in [-0.4, -0.2) is 138 Å². The van der Waals surface area contributed by atoms with Gasteiger partial charge < -0.3 is 33.8 Å². The highest BCUT2D eigenvalue weighted by Gasteiger charge is 2.40. The quantitative estimate of drug-likeness (QED) is 0.125.